The maximum absolute atomic E-state index is 2.55. The summed E-state index contributed by atoms with van der Waals surface area (Å²) in [5, 5.41) is 2.65. The lowest BCUT2D eigenvalue weighted by Crippen LogP contribution is -2.10. The van der Waals surface area contributed by atoms with E-state index in [1.807, 2.05) is 0 Å². The molecule has 0 amide bonds. The highest BCUT2D eigenvalue weighted by molar-refractivity contribution is 5.97. The average Bonchev–Trinajstić information content (AvgIpc) is 3.45. The SMILES string of the molecule is C/C=C\c1cccc2c1C/C(C)=C/C(/C=C(\C)c1ccccc1C)=C(c1cc3cc4c(cc3cc1C1C=CC=CC1C)/C1=C/C=C\C(C)/C=C\CC4C1C)\C=C\2. The van der Waals surface area contributed by atoms with Gasteiger partial charge in [0.25, 0.3) is 0 Å². The van der Waals surface area contributed by atoms with E-state index >= 15 is 0 Å². The Kier molecular flexibility index (Phi) is 10.7. The molecule has 0 aromatic heterocycles. The van der Waals surface area contributed by atoms with E-state index in [9.17, 15) is 0 Å². The Morgan fingerprint density at radius 3 is 2.36 bits per heavy atom. The molecule has 4 aromatic carbocycles. The Labute approximate surface area is 336 Å². The average molecular weight is 729 g/mol. The van der Waals surface area contributed by atoms with Crippen molar-refractivity contribution >= 4 is 39.6 Å². The van der Waals surface area contributed by atoms with Gasteiger partial charge < -0.3 is 0 Å². The molecule has 4 aliphatic rings. The van der Waals surface area contributed by atoms with Crippen LogP contribution < -0.4 is 0 Å². The summed E-state index contributed by atoms with van der Waals surface area (Å²) in [4.78, 5) is 0. The molecule has 4 aliphatic carbocycles. The van der Waals surface area contributed by atoms with Gasteiger partial charge in [-0.2, -0.15) is 0 Å². The fourth-order valence-electron chi connectivity index (χ4n) is 9.65. The van der Waals surface area contributed by atoms with Crippen LogP contribution >= 0.6 is 0 Å². The number of fused-ring (bicyclic) bond motifs is 7. The highest BCUT2D eigenvalue weighted by atomic mass is 14.4. The Morgan fingerprint density at radius 1 is 0.768 bits per heavy atom. The van der Waals surface area contributed by atoms with Crippen LogP contribution in [0.1, 0.15) is 110 Å². The minimum Gasteiger partial charge on any atom is -0.0873 e. The molecule has 56 heavy (non-hydrogen) atoms. The maximum Gasteiger partial charge on any atom is 0.00877 e. The van der Waals surface area contributed by atoms with E-state index in [-0.39, 0.29) is 5.92 Å². The van der Waals surface area contributed by atoms with Gasteiger partial charge in [0.2, 0.25) is 0 Å². The van der Waals surface area contributed by atoms with Crippen LogP contribution in [0.2, 0.25) is 0 Å². The van der Waals surface area contributed by atoms with Crippen molar-refractivity contribution in [1.82, 2.24) is 0 Å². The van der Waals surface area contributed by atoms with Gasteiger partial charge in [0.15, 0.2) is 0 Å². The summed E-state index contributed by atoms with van der Waals surface area (Å²) in [6.07, 6.45) is 37.2. The van der Waals surface area contributed by atoms with Gasteiger partial charge in [-0.25, -0.2) is 0 Å². The molecular formula is C56H56. The summed E-state index contributed by atoms with van der Waals surface area (Å²) >= 11 is 0. The normalized spacial score (nSPS) is 28.3. The van der Waals surface area contributed by atoms with Gasteiger partial charge in [-0.05, 0) is 166 Å². The van der Waals surface area contributed by atoms with Gasteiger partial charge in [-0.15, -0.1) is 0 Å². The van der Waals surface area contributed by atoms with Crippen molar-refractivity contribution in [3.8, 4) is 0 Å². The van der Waals surface area contributed by atoms with Crippen LogP contribution in [0.25, 0.3) is 39.6 Å². The topological polar surface area (TPSA) is 0 Å². The number of aryl methyl sites for hydroxylation is 1. The van der Waals surface area contributed by atoms with Gasteiger partial charge in [-0.1, -0.05) is 166 Å². The molecule has 0 heteroatoms. The molecule has 0 spiro atoms. The van der Waals surface area contributed by atoms with Crippen LogP contribution in [0.5, 0.6) is 0 Å². The zero-order chi connectivity index (χ0) is 38.9. The van der Waals surface area contributed by atoms with E-state index < -0.39 is 0 Å². The summed E-state index contributed by atoms with van der Waals surface area (Å²) in [5.41, 5.74) is 18.8. The first kappa shape index (κ1) is 37.5. The number of rotatable bonds is 5. The van der Waals surface area contributed by atoms with E-state index in [4.69, 9.17) is 0 Å². The predicted octanol–water partition coefficient (Wildman–Crippen LogP) is 15.4. The van der Waals surface area contributed by atoms with Crippen molar-refractivity contribution in [2.24, 2.45) is 17.8 Å². The third-order valence-electron chi connectivity index (χ3n) is 12.7. The van der Waals surface area contributed by atoms with E-state index in [0.29, 0.717) is 23.7 Å². The second kappa shape index (κ2) is 16.0. The molecular weight excluding hydrogens is 673 g/mol. The van der Waals surface area contributed by atoms with Gasteiger partial charge in [0.1, 0.15) is 0 Å². The van der Waals surface area contributed by atoms with Crippen molar-refractivity contribution in [1.29, 1.82) is 0 Å². The summed E-state index contributed by atoms with van der Waals surface area (Å²) in [6.45, 7) is 16.0. The second-order valence-corrected chi connectivity index (χ2v) is 16.7. The predicted molar refractivity (Wildman–Crippen MR) is 245 cm³/mol. The lowest BCUT2D eigenvalue weighted by atomic mass is 9.78. The summed E-state index contributed by atoms with van der Waals surface area (Å²) in [6, 6.07) is 25.7. The Hall–Kier alpha value is -5.46. The largest absolute Gasteiger partial charge is 0.0873 e. The van der Waals surface area contributed by atoms with E-state index in [2.05, 4.69) is 206 Å². The molecule has 0 fully saturated rings. The molecule has 280 valence electrons. The fourth-order valence-corrected chi connectivity index (χ4v) is 9.65. The molecule has 0 heterocycles. The van der Waals surface area contributed by atoms with Crippen molar-refractivity contribution in [3.63, 3.8) is 0 Å². The Bertz CT molecular complexity index is 2510. The highest BCUT2D eigenvalue weighted by Crippen LogP contribution is 2.50. The number of benzene rings is 4. The minimum atomic E-state index is 0.257. The molecule has 8 rings (SSSR count). The summed E-state index contributed by atoms with van der Waals surface area (Å²) in [5.74, 6) is 2.02. The van der Waals surface area contributed by atoms with Crippen LogP contribution in [0.15, 0.2) is 157 Å². The molecule has 2 bridgehead atoms. The molecule has 0 radical (unpaired) electrons. The van der Waals surface area contributed by atoms with Crippen LogP contribution in [-0.2, 0) is 6.42 Å². The van der Waals surface area contributed by atoms with Gasteiger partial charge in [-0.3, -0.25) is 0 Å². The number of hydrogen-bond acceptors (Lipinski definition) is 0. The lowest BCUT2D eigenvalue weighted by Gasteiger charge is -2.26. The smallest absolute Gasteiger partial charge is 0.00877 e. The highest BCUT2D eigenvalue weighted by Gasteiger charge is 2.33. The van der Waals surface area contributed by atoms with Gasteiger partial charge in [0, 0.05) is 5.92 Å². The Morgan fingerprint density at radius 2 is 1.55 bits per heavy atom. The summed E-state index contributed by atoms with van der Waals surface area (Å²) in [7, 11) is 0. The summed E-state index contributed by atoms with van der Waals surface area (Å²) < 4.78 is 0. The first-order valence-electron chi connectivity index (χ1n) is 20.8. The molecule has 5 atom stereocenters. The van der Waals surface area contributed by atoms with Crippen molar-refractivity contribution in [2.45, 2.75) is 73.1 Å². The van der Waals surface area contributed by atoms with Gasteiger partial charge in [0.05, 0.1) is 0 Å². The van der Waals surface area contributed by atoms with Crippen molar-refractivity contribution in [3.05, 3.63) is 207 Å². The maximum atomic E-state index is 2.55. The van der Waals surface area contributed by atoms with Crippen molar-refractivity contribution in [2.75, 3.05) is 0 Å². The molecule has 0 saturated heterocycles. The molecule has 0 saturated carbocycles. The molecule has 5 unspecified atom stereocenters. The third-order valence-corrected chi connectivity index (χ3v) is 12.7. The zero-order valence-corrected chi connectivity index (χ0v) is 34.3. The Balaban J connectivity index is 1.42. The minimum absolute atomic E-state index is 0.257. The molecule has 4 aromatic rings. The molecule has 0 nitrogen and oxygen atoms in total. The lowest BCUT2D eigenvalue weighted by molar-refractivity contribution is 0.590. The van der Waals surface area contributed by atoms with E-state index in [1.54, 1.807) is 0 Å². The molecule has 0 aliphatic heterocycles. The first-order valence-corrected chi connectivity index (χ1v) is 20.8. The van der Waals surface area contributed by atoms with Crippen molar-refractivity contribution < 1.29 is 0 Å². The van der Waals surface area contributed by atoms with Crippen LogP contribution in [0.4, 0.5) is 0 Å². The van der Waals surface area contributed by atoms with Crippen LogP contribution in [0.3, 0.4) is 0 Å². The zero-order valence-electron chi connectivity index (χ0n) is 34.3. The van der Waals surface area contributed by atoms with E-state index in [1.165, 1.54) is 88.7 Å². The second-order valence-electron chi connectivity index (χ2n) is 16.7. The number of hydrogen-bond donors (Lipinski definition) is 0. The standard InChI is InChI=1S/C56H56/c1-8-16-42-21-15-22-43-27-28-51(46(29-37(3)30-52(42)43)31-40(6)47-23-11-9-19-38(47)4)56-35-45-34-55-50-26-14-18-36(2)17-13-25-49(41(50)7)54(55)33-44(45)32-53(56)48-24-12-10-20-39(48)5/h8-25,27-29,31-36,39,41,48,50H,26,30H2,1-7H3/b16-8-,17-13-,18-14-,28-27+,37-29+,40-31+,49-25+,51-46-. The fraction of sp³-hybridized carbons (Fsp3) is 0.250. The number of allylic oxidation sites excluding steroid dienone is 18. The monoisotopic (exact) mass is 728 g/mol. The first-order chi connectivity index (χ1) is 27.2. The van der Waals surface area contributed by atoms with Gasteiger partial charge >= 0.3 is 0 Å². The van der Waals surface area contributed by atoms with Crippen LogP contribution in [0, 0.1) is 24.7 Å². The quantitative estimate of drug-likeness (QED) is 0.180. The third kappa shape index (κ3) is 7.31. The van der Waals surface area contributed by atoms with E-state index in [0.717, 1.165) is 12.8 Å². The molecule has 0 N–H and O–H groups in total. The van der Waals surface area contributed by atoms with Crippen LogP contribution in [-0.4, -0.2) is 0 Å².